The average molecular weight is 397 g/mol. The van der Waals surface area contributed by atoms with Crippen molar-refractivity contribution in [2.24, 2.45) is 0 Å². The molecule has 0 fully saturated rings. The molecule has 2 aromatic carbocycles. The molecule has 0 aliphatic rings. The van der Waals surface area contributed by atoms with Crippen LogP contribution in [0.1, 0.15) is 9.67 Å². The van der Waals surface area contributed by atoms with E-state index in [2.05, 4.69) is 10.9 Å². The van der Waals surface area contributed by atoms with Crippen LogP contribution < -0.4 is 15.6 Å². The maximum atomic E-state index is 13.4. The van der Waals surface area contributed by atoms with Crippen LogP contribution in [0.2, 0.25) is 5.02 Å². The van der Waals surface area contributed by atoms with Gasteiger partial charge in [-0.3, -0.25) is 20.4 Å². The molecular weight excluding hydrogens is 386 g/mol. The molecule has 0 saturated carbocycles. The summed E-state index contributed by atoms with van der Waals surface area (Å²) < 4.78 is 32.2. The predicted molar refractivity (Wildman–Crippen MR) is 94.3 cm³/mol. The van der Waals surface area contributed by atoms with Crippen molar-refractivity contribution in [2.75, 3.05) is 6.61 Å². The van der Waals surface area contributed by atoms with Gasteiger partial charge in [-0.15, -0.1) is 11.3 Å². The van der Waals surface area contributed by atoms with Crippen molar-refractivity contribution in [3.63, 3.8) is 0 Å². The quantitative estimate of drug-likeness (QED) is 0.661. The van der Waals surface area contributed by atoms with Crippen LogP contribution in [0.15, 0.2) is 42.5 Å². The largest absolute Gasteiger partial charge is 0.481 e. The molecule has 2 amide bonds. The van der Waals surface area contributed by atoms with E-state index in [4.69, 9.17) is 16.3 Å². The van der Waals surface area contributed by atoms with E-state index in [1.165, 1.54) is 36.4 Å². The molecular formula is C17H11ClF2N2O3S. The zero-order valence-corrected chi connectivity index (χ0v) is 14.6. The van der Waals surface area contributed by atoms with Gasteiger partial charge >= 0.3 is 0 Å². The lowest BCUT2D eigenvalue weighted by atomic mass is 10.2. The van der Waals surface area contributed by atoms with Gasteiger partial charge in [0.1, 0.15) is 10.7 Å². The maximum Gasteiger partial charge on any atom is 0.281 e. The fraction of sp³-hybridized carbons (Fsp3) is 0.0588. The van der Waals surface area contributed by atoms with Crippen LogP contribution in [0, 0.1) is 11.6 Å². The van der Waals surface area contributed by atoms with Crippen molar-refractivity contribution in [1.29, 1.82) is 0 Å². The Morgan fingerprint density at radius 3 is 2.65 bits per heavy atom. The lowest BCUT2D eigenvalue weighted by molar-refractivity contribution is -0.123. The molecule has 0 atom stereocenters. The number of hydrogen-bond acceptors (Lipinski definition) is 4. The lowest BCUT2D eigenvalue weighted by Crippen LogP contribution is -2.43. The maximum absolute atomic E-state index is 13.4. The molecule has 3 aromatic rings. The number of carbonyl (C=O) groups is 2. The molecule has 0 bridgehead atoms. The summed E-state index contributed by atoms with van der Waals surface area (Å²) in [6.07, 6.45) is 0. The molecule has 26 heavy (non-hydrogen) atoms. The number of thiophene rings is 1. The molecule has 0 spiro atoms. The minimum absolute atomic E-state index is 0.0800. The second kappa shape index (κ2) is 7.67. The molecule has 0 radical (unpaired) electrons. The van der Waals surface area contributed by atoms with Crippen molar-refractivity contribution in [1.82, 2.24) is 10.9 Å². The summed E-state index contributed by atoms with van der Waals surface area (Å²) in [5.74, 6) is -2.47. The number of halogens is 3. The second-order valence-corrected chi connectivity index (χ2v) is 6.54. The predicted octanol–water partition coefficient (Wildman–Crippen LogP) is 3.67. The summed E-state index contributed by atoms with van der Waals surface area (Å²) >= 11 is 7.12. The third-order valence-electron chi connectivity index (χ3n) is 3.31. The summed E-state index contributed by atoms with van der Waals surface area (Å²) in [6.45, 7) is -0.493. The molecule has 0 unspecified atom stereocenters. The van der Waals surface area contributed by atoms with Gasteiger partial charge in [0.2, 0.25) is 0 Å². The Kier molecular flexibility index (Phi) is 5.34. The van der Waals surface area contributed by atoms with E-state index in [1.807, 2.05) is 0 Å². The highest BCUT2D eigenvalue weighted by molar-refractivity contribution is 7.21. The fourth-order valence-corrected chi connectivity index (χ4v) is 3.55. The normalized spacial score (nSPS) is 10.6. The summed E-state index contributed by atoms with van der Waals surface area (Å²) in [5, 5.41) is 0.705. The van der Waals surface area contributed by atoms with Crippen LogP contribution in [0.3, 0.4) is 0 Å². The van der Waals surface area contributed by atoms with Gasteiger partial charge in [-0.1, -0.05) is 23.7 Å². The first-order valence-corrected chi connectivity index (χ1v) is 8.49. The Balaban J connectivity index is 1.59. The number of ether oxygens (including phenoxy) is 1. The van der Waals surface area contributed by atoms with E-state index in [9.17, 15) is 18.4 Å². The molecule has 1 heterocycles. The Morgan fingerprint density at radius 1 is 1.12 bits per heavy atom. The van der Waals surface area contributed by atoms with Crippen LogP contribution in [-0.4, -0.2) is 18.4 Å². The zero-order valence-electron chi connectivity index (χ0n) is 13.0. The van der Waals surface area contributed by atoms with E-state index in [0.29, 0.717) is 10.1 Å². The number of amides is 2. The summed E-state index contributed by atoms with van der Waals surface area (Å²) in [4.78, 5) is 24.0. The summed E-state index contributed by atoms with van der Waals surface area (Å²) in [6, 6.07) is 9.60. The molecule has 3 rings (SSSR count). The van der Waals surface area contributed by atoms with Crippen LogP contribution in [-0.2, 0) is 4.79 Å². The number of hydrogen-bond donors (Lipinski definition) is 2. The van der Waals surface area contributed by atoms with E-state index >= 15 is 0 Å². The van der Waals surface area contributed by atoms with E-state index < -0.39 is 30.1 Å². The van der Waals surface area contributed by atoms with E-state index in [0.717, 1.165) is 11.3 Å². The van der Waals surface area contributed by atoms with Gasteiger partial charge < -0.3 is 4.74 Å². The number of benzene rings is 2. The van der Waals surface area contributed by atoms with Gasteiger partial charge in [0.05, 0.1) is 5.02 Å². The summed E-state index contributed by atoms with van der Waals surface area (Å²) in [5.41, 5.74) is 4.33. The number of fused-ring (bicyclic) bond motifs is 1. The van der Waals surface area contributed by atoms with Crippen molar-refractivity contribution in [2.45, 2.75) is 0 Å². The van der Waals surface area contributed by atoms with Gasteiger partial charge in [0.15, 0.2) is 18.2 Å². The van der Waals surface area contributed by atoms with Crippen molar-refractivity contribution < 1.29 is 23.1 Å². The number of para-hydroxylation sites is 1. The Bertz CT molecular complexity index is 993. The molecule has 5 nitrogen and oxygen atoms in total. The highest BCUT2D eigenvalue weighted by Crippen LogP contribution is 2.35. The Morgan fingerprint density at radius 2 is 1.88 bits per heavy atom. The topological polar surface area (TPSA) is 67.4 Å². The number of hydrazine groups is 1. The molecule has 134 valence electrons. The van der Waals surface area contributed by atoms with Crippen molar-refractivity contribution >= 4 is 44.8 Å². The number of carbonyl (C=O) groups excluding carboxylic acids is 2. The first-order valence-electron chi connectivity index (χ1n) is 7.30. The molecule has 0 saturated heterocycles. The summed E-state index contributed by atoms with van der Waals surface area (Å²) in [7, 11) is 0. The van der Waals surface area contributed by atoms with E-state index in [-0.39, 0.29) is 15.6 Å². The highest BCUT2D eigenvalue weighted by Gasteiger charge is 2.18. The molecule has 1 aromatic heterocycles. The first-order chi connectivity index (χ1) is 12.5. The standard InChI is InChI=1S/C17H11ClF2N2O3S/c18-15-10-6-5-9(19)7-13(10)26-16(15)17(24)22-21-14(23)8-25-12-4-2-1-3-11(12)20/h1-7H,8H2,(H,21,23)(H,22,24). The molecule has 0 aliphatic heterocycles. The Hall–Kier alpha value is -2.71. The monoisotopic (exact) mass is 396 g/mol. The van der Waals surface area contributed by atoms with E-state index in [1.54, 1.807) is 6.07 Å². The van der Waals surface area contributed by atoms with Gasteiger partial charge in [0, 0.05) is 10.1 Å². The fourth-order valence-electron chi connectivity index (χ4n) is 2.11. The smallest absolute Gasteiger partial charge is 0.281 e. The number of nitrogens with one attached hydrogen (secondary N) is 2. The van der Waals surface area contributed by atoms with Gasteiger partial charge in [-0.2, -0.15) is 0 Å². The van der Waals surface area contributed by atoms with Crippen LogP contribution in [0.25, 0.3) is 10.1 Å². The minimum atomic E-state index is -0.690. The second-order valence-electron chi connectivity index (χ2n) is 5.11. The van der Waals surface area contributed by atoms with Crippen molar-refractivity contribution in [3.8, 4) is 5.75 Å². The van der Waals surface area contributed by atoms with Gasteiger partial charge in [-0.25, -0.2) is 8.78 Å². The number of rotatable bonds is 4. The third kappa shape index (κ3) is 3.92. The molecule has 2 N–H and O–H groups in total. The van der Waals surface area contributed by atoms with Crippen LogP contribution >= 0.6 is 22.9 Å². The molecule has 0 aliphatic carbocycles. The minimum Gasteiger partial charge on any atom is -0.481 e. The third-order valence-corrected chi connectivity index (χ3v) is 4.96. The van der Waals surface area contributed by atoms with Crippen LogP contribution in [0.4, 0.5) is 8.78 Å². The van der Waals surface area contributed by atoms with Crippen LogP contribution in [0.5, 0.6) is 5.75 Å². The average Bonchev–Trinajstić information content (AvgIpc) is 2.95. The van der Waals surface area contributed by atoms with Crippen molar-refractivity contribution in [3.05, 3.63) is 64.0 Å². The first kappa shape index (κ1) is 18.1. The lowest BCUT2D eigenvalue weighted by Gasteiger charge is -2.08. The zero-order chi connectivity index (χ0) is 18.7. The molecule has 9 heteroatoms. The van der Waals surface area contributed by atoms with Gasteiger partial charge in [-0.05, 0) is 30.3 Å². The SMILES string of the molecule is O=C(COc1ccccc1F)NNC(=O)c1sc2cc(F)ccc2c1Cl. The Labute approximate surface area is 155 Å². The highest BCUT2D eigenvalue weighted by atomic mass is 35.5. The van der Waals surface area contributed by atoms with Gasteiger partial charge in [0.25, 0.3) is 11.8 Å².